The molecule has 0 spiro atoms. The first-order valence-corrected chi connectivity index (χ1v) is 5.75. The number of nitrogens with one attached hydrogen (secondary N) is 1. The summed E-state index contributed by atoms with van der Waals surface area (Å²) >= 11 is 3.37. The molecule has 0 radical (unpaired) electrons. The van der Waals surface area contributed by atoms with E-state index >= 15 is 0 Å². The third kappa shape index (κ3) is 3.63. The number of hydrogen-bond acceptors (Lipinski definition) is 4. The highest BCUT2D eigenvalue weighted by Gasteiger charge is 2.03. The van der Waals surface area contributed by atoms with Crippen LogP contribution in [0.2, 0.25) is 0 Å². The summed E-state index contributed by atoms with van der Waals surface area (Å²) in [5.41, 5.74) is 1.03. The number of halogens is 1. The van der Waals surface area contributed by atoms with Gasteiger partial charge in [0.05, 0.1) is 0 Å². The average molecular weight is 296 g/mol. The molecule has 0 aliphatic carbocycles. The fourth-order valence-electron chi connectivity index (χ4n) is 1.30. The number of nitrogens with zero attached hydrogens (tertiary/aromatic N) is 4. The van der Waals surface area contributed by atoms with Gasteiger partial charge in [-0.3, -0.25) is 4.79 Å². The van der Waals surface area contributed by atoms with Crippen LogP contribution in [-0.4, -0.2) is 26.1 Å². The van der Waals surface area contributed by atoms with Crippen molar-refractivity contribution in [3.8, 4) is 0 Å². The molecule has 1 amide bonds. The van der Waals surface area contributed by atoms with Gasteiger partial charge >= 0.3 is 0 Å². The first-order chi connectivity index (χ1) is 8.24. The fraction of sp³-hybridized carbons (Fsp3) is 0.200. The van der Waals surface area contributed by atoms with Crippen molar-refractivity contribution < 1.29 is 4.79 Å². The number of amides is 1. The van der Waals surface area contributed by atoms with Crippen LogP contribution in [0.1, 0.15) is 5.56 Å². The minimum Gasteiger partial charge on any atom is -0.350 e. The minimum absolute atomic E-state index is 0.126. The summed E-state index contributed by atoms with van der Waals surface area (Å²) in [6.45, 7) is 0.613. The zero-order valence-corrected chi connectivity index (χ0v) is 10.5. The maximum absolute atomic E-state index is 11.5. The maximum atomic E-state index is 11.5. The average Bonchev–Trinajstić information content (AvgIpc) is 2.79. The molecule has 2 aromatic rings. The number of tetrazole rings is 1. The van der Waals surface area contributed by atoms with E-state index in [9.17, 15) is 4.79 Å². The molecule has 0 aliphatic heterocycles. The Morgan fingerprint density at radius 1 is 1.47 bits per heavy atom. The third-order valence-corrected chi connectivity index (χ3v) is 2.57. The lowest BCUT2D eigenvalue weighted by Gasteiger charge is -2.05. The smallest absolute Gasteiger partial charge is 0.242 e. The summed E-state index contributed by atoms with van der Waals surface area (Å²) < 4.78 is 2.36. The first-order valence-electron chi connectivity index (χ1n) is 4.96. The topological polar surface area (TPSA) is 72.7 Å². The summed E-state index contributed by atoms with van der Waals surface area (Å²) in [4.78, 5) is 11.5. The molecule has 0 saturated heterocycles. The van der Waals surface area contributed by atoms with Crippen LogP contribution in [0.5, 0.6) is 0 Å². The second-order valence-corrected chi connectivity index (χ2v) is 4.33. The van der Waals surface area contributed by atoms with Gasteiger partial charge in [-0.05, 0) is 28.1 Å². The molecule has 1 heterocycles. The van der Waals surface area contributed by atoms with Gasteiger partial charge in [0, 0.05) is 11.0 Å². The van der Waals surface area contributed by atoms with Crippen LogP contribution in [0.3, 0.4) is 0 Å². The van der Waals surface area contributed by atoms with E-state index in [4.69, 9.17) is 0 Å². The molecule has 7 heteroatoms. The van der Waals surface area contributed by atoms with E-state index < -0.39 is 0 Å². The van der Waals surface area contributed by atoms with Gasteiger partial charge < -0.3 is 5.32 Å². The normalized spacial score (nSPS) is 10.2. The van der Waals surface area contributed by atoms with Gasteiger partial charge in [-0.25, -0.2) is 4.68 Å². The minimum atomic E-state index is -0.128. The molecule has 17 heavy (non-hydrogen) atoms. The Hall–Kier alpha value is -1.76. The molecule has 1 aromatic carbocycles. The summed E-state index contributed by atoms with van der Waals surface area (Å²) in [5.74, 6) is -0.128. The van der Waals surface area contributed by atoms with Crippen LogP contribution in [0.25, 0.3) is 0 Å². The maximum Gasteiger partial charge on any atom is 0.242 e. The second-order valence-electron chi connectivity index (χ2n) is 3.41. The largest absolute Gasteiger partial charge is 0.350 e. The number of aromatic nitrogens is 4. The third-order valence-electron chi connectivity index (χ3n) is 2.08. The highest BCUT2D eigenvalue weighted by Crippen LogP contribution is 2.11. The van der Waals surface area contributed by atoms with E-state index in [0.717, 1.165) is 10.0 Å². The quantitative estimate of drug-likeness (QED) is 0.903. The summed E-state index contributed by atoms with van der Waals surface area (Å²) in [6.07, 6.45) is 1.40. The zero-order valence-electron chi connectivity index (χ0n) is 8.88. The van der Waals surface area contributed by atoms with Gasteiger partial charge in [0.1, 0.15) is 12.9 Å². The lowest BCUT2D eigenvalue weighted by molar-refractivity contribution is -0.122. The van der Waals surface area contributed by atoms with Gasteiger partial charge in [0.2, 0.25) is 5.91 Å². The van der Waals surface area contributed by atoms with E-state index in [1.54, 1.807) is 0 Å². The predicted molar refractivity (Wildman–Crippen MR) is 63.8 cm³/mol. The second kappa shape index (κ2) is 5.53. The number of rotatable bonds is 4. The lowest BCUT2D eigenvalue weighted by atomic mass is 10.2. The molecular formula is C10H10BrN5O. The Kier molecular flexibility index (Phi) is 3.81. The molecule has 0 unspecified atom stereocenters. The molecule has 0 bridgehead atoms. The van der Waals surface area contributed by atoms with E-state index in [1.807, 2.05) is 24.3 Å². The predicted octanol–water partition coefficient (Wildman–Crippen LogP) is 0.752. The van der Waals surface area contributed by atoms with Crippen LogP contribution < -0.4 is 5.32 Å². The number of benzene rings is 1. The molecule has 2 rings (SSSR count). The Morgan fingerprint density at radius 3 is 3.06 bits per heavy atom. The van der Waals surface area contributed by atoms with E-state index in [2.05, 4.69) is 36.8 Å². The highest BCUT2D eigenvalue weighted by molar-refractivity contribution is 9.10. The number of carbonyl (C=O) groups excluding carboxylic acids is 1. The molecule has 1 N–H and O–H groups in total. The van der Waals surface area contributed by atoms with Crippen LogP contribution in [0, 0.1) is 0 Å². The lowest BCUT2D eigenvalue weighted by Crippen LogP contribution is -2.27. The van der Waals surface area contributed by atoms with Gasteiger partial charge in [-0.1, -0.05) is 28.1 Å². The van der Waals surface area contributed by atoms with Crippen LogP contribution in [0.15, 0.2) is 35.1 Å². The van der Waals surface area contributed by atoms with Crippen LogP contribution >= 0.6 is 15.9 Å². The Morgan fingerprint density at radius 2 is 2.35 bits per heavy atom. The van der Waals surface area contributed by atoms with Crippen molar-refractivity contribution in [3.05, 3.63) is 40.6 Å². The van der Waals surface area contributed by atoms with E-state index in [1.165, 1.54) is 11.0 Å². The van der Waals surface area contributed by atoms with Crippen molar-refractivity contribution in [2.45, 2.75) is 13.1 Å². The fourth-order valence-corrected chi connectivity index (χ4v) is 1.75. The zero-order chi connectivity index (χ0) is 12.1. The van der Waals surface area contributed by atoms with Gasteiger partial charge in [0.25, 0.3) is 0 Å². The van der Waals surface area contributed by atoms with E-state index in [-0.39, 0.29) is 12.5 Å². The molecular weight excluding hydrogens is 286 g/mol. The molecule has 0 aliphatic rings. The SMILES string of the molecule is O=C(Cn1cnnn1)NCc1cccc(Br)c1. The van der Waals surface area contributed by atoms with Gasteiger partial charge in [0.15, 0.2) is 0 Å². The van der Waals surface area contributed by atoms with Crippen molar-refractivity contribution >= 4 is 21.8 Å². The van der Waals surface area contributed by atoms with Crippen molar-refractivity contribution in [1.29, 1.82) is 0 Å². The first kappa shape index (κ1) is 11.7. The van der Waals surface area contributed by atoms with Crippen molar-refractivity contribution in [3.63, 3.8) is 0 Å². The van der Waals surface area contributed by atoms with Crippen LogP contribution in [0.4, 0.5) is 0 Å². The van der Waals surface area contributed by atoms with Gasteiger partial charge in [-0.15, -0.1) is 5.10 Å². The van der Waals surface area contributed by atoms with Crippen molar-refractivity contribution in [1.82, 2.24) is 25.5 Å². The summed E-state index contributed by atoms with van der Waals surface area (Å²) in [7, 11) is 0. The van der Waals surface area contributed by atoms with Gasteiger partial charge in [-0.2, -0.15) is 0 Å². The molecule has 88 valence electrons. The number of hydrogen-bond donors (Lipinski definition) is 1. The molecule has 0 fully saturated rings. The van der Waals surface area contributed by atoms with E-state index in [0.29, 0.717) is 6.54 Å². The Balaban J connectivity index is 1.84. The molecule has 0 atom stereocenters. The Bertz CT molecular complexity index is 499. The standard InChI is InChI=1S/C10H10BrN5O/c11-9-3-1-2-8(4-9)5-12-10(17)6-16-7-13-14-15-16/h1-4,7H,5-6H2,(H,12,17). The summed E-state index contributed by atoms with van der Waals surface area (Å²) in [5, 5.41) is 13.3. The van der Waals surface area contributed by atoms with Crippen molar-refractivity contribution in [2.75, 3.05) is 0 Å². The molecule has 0 saturated carbocycles. The highest BCUT2D eigenvalue weighted by atomic mass is 79.9. The summed E-state index contributed by atoms with van der Waals surface area (Å²) in [6, 6.07) is 7.76. The number of carbonyl (C=O) groups is 1. The molecule has 6 nitrogen and oxygen atoms in total. The molecule has 1 aromatic heterocycles. The van der Waals surface area contributed by atoms with Crippen LogP contribution in [-0.2, 0) is 17.9 Å². The van der Waals surface area contributed by atoms with Crippen molar-refractivity contribution in [2.24, 2.45) is 0 Å². The Labute approximate surface area is 106 Å². The monoisotopic (exact) mass is 295 g/mol.